The molecule has 0 aromatic heterocycles. The van der Waals surface area contributed by atoms with Gasteiger partial charge in [-0.25, -0.2) is 10.6 Å². The van der Waals surface area contributed by atoms with Crippen molar-refractivity contribution < 1.29 is 14.7 Å². The third kappa shape index (κ3) is 6.24. The van der Waals surface area contributed by atoms with Crippen LogP contribution in [-0.4, -0.2) is 23.1 Å². The van der Waals surface area contributed by atoms with Gasteiger partial charge in [-0.05, 0) is 12.3 Å². The van der Waals surface area contributed by atoms with Gasteiger partial charge in [0, 0.05) is 12.5 Å². The van der Waals surface area contributed by atoms with Crippen LogP contribution in [0.2, 0.25) is 0 Å². The second kappa shape index (κ2) is 6.20. The van der Waals surface area contributed by atoms with Crippen LogP contribution in [0.25, 0.3) is 0 Å². The van der Waals surface area contributed by atoms with Crippen LogP contribution in [0.1, 0.15) is 26.7 Å². The lowest BCUT2D eigenvalue weighted by molar-refractivity contribution is -0.121. The van der Waals surface area contributed by atoms with Gasteiger partial charge in [0.05, 0.1) is 0 Å². The molecule has 1 atom stereocenters. The molecule has 1 unspecified atom stereocenters. The molecule has 6 heteroatoms. The predicted octanol–water partition coefficient (Wildman–Crippen LogP) is 0.0487. The van der Waals surface area contributed by atoms with Crippen LogP contribution in [0, 0.1) is 5.92 Å². The van der Waals surface area contributed by atoms with Gasteiger partial charge in [-0.2, -0.15) is 0 Å². The molecule has 0 aliphatic heterocycles. The highest BCUT2D eigenvalue weighted by Gasteiger charge is 2.16. The number of amides is 2. The summed E-state index contributed by atoms with van der Waals surface area (Å²) in [7, 11) is 0. The normalized spacial score (nSPS) is 12.3. The van der Waals surface area contributed by atoms with Crippen molar-refractivity contribution in [2.24, 2.45) is 11.8 Å². The minimum atomic E-state index is -1.12. The van der Waals surface area contributed by atoms with Crippen LogP contribution in [0.3, 0.4) is 0 Å². The zero-order valence-corrected chi connectivity index (χ0v) is 8.41. The van der Waals surface area contributed by atoms with Crippen molar-refractivity contribution in [1.29, 1.82) is 0 Å². The lowest BCUT2D eigenvalue weighted by Gasteiger charge is -2.17. The van der Waals surface area contributed by atoms with E-state index in [-0.39, 0.29) is 18.4 Å². The molecular formula is C8H17N3O3. The summed E-state index contributed by atoms with van der Waals surface area (Å²) in [5, 5.41) is 10.8. The second-order valence-electron chi connectivity index (χ2n) is 3.55. The molecule has 0 fully saturated rings. The summed E-state index contributed by atoms with van der Waals surface area (Å²) in [5.41, 5.74) is 1.97. The number of carbonyl (C=O) groups excluding carboxylic acids is 1. The van der Waals surface area contributed by atoms with Crippen LogP contribution in [0.5, 0.6) is 0 Å². The second-order valence-corrected chi connectivity index (χ2v) is 3.55. The number of carboxylic acid groups (broad SMARTS) is 1. The van der Waals surface area contributed by atoms with Crippen LogP contribution < -0.4 is 16.6 Å². The molecule has 0 bridgehead atoms. The summed E-state index contributed by atoms with van der Waals surface area (Å²) >= 11 is 0. The Morgan fingerprint density at radius 2 is 2.00 bits per heavy atom. The SMILES string of the molecule is CC(C)CC(CC(=O)NN)NC(=O)O. The van der Waals surface area contributed by atoms with Crippen molar-refractivity contribution in [3.8, 4) is 0 Å². The Labute approximate surface area is 82.8 Å². The molecule has 0 saturated heterocycles. The highest BCUT2D eigenvalue weighted by atomic mass is 16.4. The van der Waals surface area contributed by atoms with E-state index < -0.39 is 6.09 Å². The van der Waals surface area contributed by atoms with Crippen LogP contribution >= 0.6 is 0 Å². The maximum atomic E-state index is 10.9. The van der Waals surface area contributed by atoms with Gasteiger partial charge in [0.2, 0.25) is 5.91 Å². The van der Waals surface area contributed by atoms with E-state index in [2.05, 4.69) is 5.32 Å². The van der Waals surface area contributed by atoms with E-state index >= 15 is 0 Å². The lowest BCUT2D eigenvalue weighted by atomic mass is 10.0. The number of nitrogens with two attached hydrogens (primary N) is 1. The topological polar surface area (TPSA) is 104 Å². The maximum absolute atomic E-state index is 10.9. The van der Waals surface area contributed by atoms with E-state index in [1.165, 1.54) is 0 Å². The van der Waals surface area contributed by atoms with Crippen LogP contribution in [-0.2, 0) is 4.79 Å². The van der Waals surface area contributed by atoms with Gasteiger partial charge in [0.1, 0.15) is 0 Å². The van der Waals surface area contributed by atoms with Gasteiger partial charge < -0.3 is 10.4 Å². The Balaban J connectivity index is 4.09. The van der Waals surface area contributed by atoms with Crippen LogP contribution in [0.4, 0.5) is 4.79 Å². The van der Waals surface area contributed by atoms with E-state index in [1.807, 2.05) is 19.3 Å². The summed E-state index contributed by atoms with van der Waals surface area (Å²) in [6, 6.07) is -0.379. The number of carbonyl (C=O) groups is 2. The summed E-state index contributed by atoms with van der Waals surface area (Å²) in [6.07, 6.45) is -0.443. The van der Waals surface area contributed by atoms with Gasteiger partial charge in [0.25, 0.3) is 0 Å². The fourth-order valence-corrected chi connectivity index (χ4v) is 1.22. The fourth-order valence-electron chi connectivity index (χ4n) is 1.22. The van der Waals surface area contributed by atoms with Gasteiger partial charge in [-0.15, -0.1) is 0 Å². The molecule has 14 heavy (non-hydrogen) atoms. The minimum absolute atomic E-state index is 0.0704. The van der Waals surface area contributed by atoms with Crippen molar-refractivity contribution in [3.05, 3.63) is 0 Å². The molecule has 5 N–H and O–H groups in total. The molecule has 0 aromatic carbocycles. The highest BCUT2D eigenvalue weighted by Crippen LogP contribution is 2.07. The number of hydrogen-bond acceptors (Lipinski definition) is 3. The third-order valence-electron chi connectivity index (χ3n) is 1.68. The monoisotopic (exact) mass is 203 g/mol. The number of nitrogens with one attached hydrogen (secondary N) is 2. The standard InChI is InChI=1S/C8H17N3O3/c1-5(2)3-6(10-8(13)14)4-7(12)11-9/h5-6,10H,3-4,9H2,1-2H3,(H,11,12)(H,13,14). The Bertz CT molecular complexity index is 206. The molecule has 2 amide bonds. The third-order valence-corrected chi connectivity index (χ3v) is 1.68. The largest absolute Gasteiger partial charge is 0.465 e. The molecule has 0 aliphatic carbocycles. The smallest absolute Gasteiger partial charge is 0.404 e. The van der Waals surface area contributed by atoms with Gasteiger partial charge in [-0.1, -0.05) is 13.8 Å². The summed E-state index contributed by atoms with van der Waals surface area (Å²) in [4.78, 5) is 21.3. The zero-order valence-electron chi connectivity index (χ0n) is 8.41. The first-order valence-corrected chi connectivity index (χ1v) is 4.44. The Hall–Kier alpha value is -1.30. The lowest BCUT2D eigenvalue weighted by Crippen LogP contribution is -2.41. The van der Waals surface area contributed by atoms with Crippen LogP contribution in [0.15, 0.2) is 0 Å². The molecular weight excluding hydrogens is 186 g/mol. The van der Waals surface area contributed by atoms with Crippen molar-refractivity contribution in [2.45, 2.75) is 32.7 Å². The van der Waals surface area contributed by atoms with Gasteiger partial charge >= 0.3 is 6.09 Å². The highest BCUT2D eigenvalue weighted by molar-refractivity contribution is 5.76. The van der Waals surface area contributed by atoms with Crippen molar-refractivity contribution in [1.82, 2.24) is 10.7 Å². The average Bonchev–Trinajstić information content (AvgIpc) is 2.01. The first-order valence-electron chi connectivity index (χ1n) is 4.44. The average molecular weight is 203 g/mol. The van der Waals surface area contributed by atoms with Crippen molar-refractivity contribution >= 4 is 12.0 Å². The summed E-state index contributed by atoms with van der Waals surface area (Å²) in [6.45, 7) is 3.91. The molecule has 6 nitrogen and oxygen atoms in total. The first kappa shape index (κ1) is 12.7. The molecule has 0 aromatic rings. The number of rotatable bonds is 5. The molecule has 82 valence electrons. The van der Waals surface area contributed by atoms with E-state index in [4.69, 9.17) is 10.9 Å². The molecule has 0 spiro atoms. The Morgan fingerprint density at radius 3 is 2.36 bits per heavy atom. The van der Waals surface area contributed by atoms with E-state index in [9.17, 15) is 9.59 Å². The fraction of sp³-hybridized carbons (Fsp3) is 0.750. The van der Waals surface area contributed by atoms with E-state index in [1.54, 1.807) is 0 Å². The van der Waals surface area contributed by atoms with Gasteiger partial charge in [-0.3, -0.25) is 10.2 Å². The summed E-state index contributed by atoms with van der Waals surface area (Å²) < 4.78 is 0. The van der Waals surface area contributed by atoms with Crippen molar-refractivity contribution in [2.75, 3.05) is 0 Å². The zero-order chi connectivity index (χ0) is 11.1. The molecule has 0 saturated carbocycles. The van der Waals surface area contributed by atoms with Gasteiger partial charge in [0.15, 0.2) is 0 Å². The molecule has 0 heterocycles. The maximum Gasteiger partial charge on any atom is 0.404 e. The van der Waals surface area contributed by atoms with Crippen molar-refractivity contribution in [3.63, 3.8) is 0 Å². The quantitative estimate of drug-likeness (QED) is 0.288. The number of hydrogen-bond donors (Lipinski definition) is 4. The molecule has 0 rings (SSSR count). The Morgan fingerprint density at radius 1 is 1.43 bits per heavy atom. The number of hydrazine groups is 1. The Kier molecular flexibility index (Phi) is 5.62. The van der Waals surface area contributed by atoms with E-state index in [0.29, 0.717) is 12.3 Å². The predicted molar refractivity (Wildman–Crippen MR) is 51.4 cm³/mol. The first-order chi connectivity index (χ1) is 6.45. The summed E-state index contributed by atoms with van der Waals surface area (Å²) in [5.74, 6) is 4.85. The molecule has 0 aliphatic rings. The minimum Gasteiger partial charge on any atom is -0.465 e. The van der Waals surface area contributed by atoms with E-state index in [0.717, 1.165) is 0 Å². The molecule has 0 radical (unpaired) electrons.